The van der Waals surface area contributed by atoms with E-state index in [1.807, 2.05) is 24.3 Å². The molecule has 22 heavy (non-hydrogen) atoms. The van der Waals surface area contributed by atoms with Gasteiger partial charge >= 0.3 is 0 Å². The monoisotopic (exact) mass is 321 g/mol. The van der Waals surface area contributed by atoms with Gasteiger partial charge in [0.1, 0.15) is 5.82 Å². The Hall–Kier alpha value is -1.92. The van der Waals surface area contributed by atoms with Gasteiger partial charge < -0.3 is 15.6 Å². The number of benzene rings is 1. The van der Waals surface area contributed by atoms with E-state index in [0.717, 1.165) is 35.9 Å². The molecule has 0 atom stereocenters. The number of nitrogens with zero attached hydrogens (tertiary/aromatic N) is 3. The standard InChI is InChI=1S/C15H19N5O.ClH/c16-9-8-14(21)17-12-6-4-11(5-7-12)15-19-18-13-3-1-2-10-20(13)15;/h4-7H,1-3,8-10,16H2,(H,17,21);1H. The number of rotatable bonds is 4. The molecule has 0 saturated carbocycles. The van der Waals surface area contributed by atoms with E-state index in [9.17, 15) is 4.79 Å². The molecule has 7 heteroatoms. The number of fused-ring (bicyclic) bond motifs is 1. The summed E-state index contributed by atoms with van der Waals surface area (Å²) in [6.07, 6.45) is 3.69. The molecule has 0 spiro atoms. The second-order valence-corrected chi connectivity index (χ2v) is 5.21. The molecule has 3 rings (SSSR count). The molecule has 1 aromatic carbocycles. The van der Waals surface area contributed by atoms with Gasteiger partial charge in [0.25, 0.3) is 0 Å². The van der Waals surface area contributed by atoms with E-state index in [2.05, 4.69) is 20.1 Å². The Balaban J connectivity index is 0.00000176. The number of aromatic nitrogens is 3. The van der Waals surface area contributed by atoms with Crippen LogP contribution in [0.4, 0.5) is 5.69 Å². The van der Waals surface area contributed by atoms with Crippen LogP contribution in [0.25, 0.3) is 11.4 Å². The third-order valence-electron chi connectivity index (χ3n) is 3.66. The minimum atomic E-state index is -0.0647. The van der Waals surface area contributed by atoms with Crippen LogP contribution in [0, 0.1) is 0 Å². The summed E-state index contributed by atoms with van der Waals surface area (Å²) in [6.45, 7) is 1.34. The molecular formula is C15H20ClN5O. The molecule has 1 amide bonds. The topological polar surface area (TPSA) is 85.8 Å². The van der Waals surface area contributed by atoms with Crippen LogP contribution in [0.2, 0.25) is 0 Å². The van der Waals surface area contributed by atoms with Crippen molar-refractivity contribution in [3.05, 3.63) is 30.1 Å². The Labute approximate surface area is 135 Å². The number of nitrogens with one attached hydrogen (secondary N) is 1. The van der Waals surface area contributed by atoms with Crippen LogP contribution in [0.5, 0.6) is 0 Å². The van der Waals surface area contributed by atoms with Crippen molar-refractivity contribution in [2.45, 2.75) is 32.2 Å². The first kappa shape index (κ1) is 16.5. The van der Waals surface area contributed by atoms with E-state index in [4.69, 9.17) is 5.73 Å². The molecule has 1 aliphatic heterocycles. The summed E-state index contributed by atoms with van der Waals surface area (Å²) < 4.78 is 2.19. The van der Waals surface area contributed by atoms with E-state index < -0.39 is 0 Å². The van der Waals surface area contributed by atoms with Crippen molar-refractivity contribution in [3.63, 3.8) is 0 Å². The van der Waals surface area contributed by atoms with Gasteiger partial charge in [0.05, 0.1) is 0 Å². The second-order valence-electron chi connectivity index (χ2n) is 5.21. The van der Waals surface area contributed by atoms with E-state index in [-0.39, 0.29) is 18.3 Å². The number of aryl methyl sites for hydroxylation is 1. The lowest BCUT2D eigenvalue weighted by Gasteiger charge is -2.14. The van der Waals surface area contributed by atoms with Gasteiger partial charge in [0.2, 0.25) is 5.91 Å². The van der Waals surface area contributed by atoms with Crippen molar-refractivity contribution in [1.29, 1.82) is 0 Å². The largest absolute Gasteiger partial charge is 0.330 e. The lowest BCUT2D eigenvalue weighted by atomic mass is 10.1. The molecule has 1 aliphatic rings. The van der Waals surface area contributed by atoms with Crippen molar-refractivity contribution >= 4 is 24.0 Å². The minimum Gasteiger partial charge on any atom is -0.330 e. The van der Waals surface area contributed by atoms with E-state index >= 15 is 0 Å². The van der Waals surface area contributed by atoms with Crippen LogP contribution in [0.3, 0.4) is 0 Å². The molecule has 0 aliphatic carbocycles. The second kappa shape index (κ2) is 7.38. The third-order valence-corrected chi connectivity index (χ3v) is 3.66. The maximum absolute atomic E-state index is 11.5. The molecule has 3 N–H and O–H groups in total. The first-order chi connectivity index (χ1) is 10.3. The quantitative estimate of drug-likeness (QED) is 0.901. The van der Waals surface area contributed by atoms with Crippen molar-refractivity contribution in [1.82, 2.24) is 14.8 Å². The Bertz CT molecular complexity index is 638. The molecule has 0 saturated heterocycles. The third kappa shape index (κ3) is 3.45. The van der Waals surface area contributed by atoms with Gasteiger partial charge in [-0.1, -0.05) is 0 Å². The molecule has 0 bridgehead atoms. The zero-order chi connectivity index (χ0) is 14.7. The fourth-order valence-electron chi connectivity index (χ4n) is 2.58. The van der Waals surface area contributed by atoms with Gasteiger partial charge in [-0.3, -0.25) is 4.79 Å². The fourth-order valence-corrected chi connectivity index (χ4v) is 2.58. The number of carbonyl (C=O) groups excluding carboxylic acids is 1. The highest BCUT2D eigenvalue weighted by molar-refractivity contribution is 5.91. The van der Waals surface area contributed by atoms with Gasteiger partial charge in [-0.05, 0) is 37.1 Å². The van der Waals surface area contributed by atoms with Crippen molar-refractivity contribution in [2.24, 2.45) is 5.73 Å². The number of hydrogen-bond donors (Lipinski definition) is 2. The maximum atomic E-state index is 11.5. The highest BCUT2D eigenvalue weighted by atomic mass is 35.5. The predicted molar refractivity (Wildman–Crippen MR) is 87.9 cm³/mol. The Morgan fingerprint density at radius 3 is 2.73 bits per heavy atom. The number of carbonyl (C=O) groups is 1. The number of nitrogens with two attached hydrogens (primary N) is 1. The van der Waals surface area contributed by atoms with Crippen molar-refractivity contribution in [3.8, 4) is 11.4 Å². The molecule has 1 aromatic heterocycles. The van der Waals surface area contributed by atoms with Gasteiger partial charge in [-0.25, -0.2) is 0 Å². The summed E-state index contributed by atoms with van der Waals surface area (Å²) in [5, 5.41) is 11.4. The fraction of sp³-hybridized carbons (Fsp3) is 0.400. The molecule has 0 fully saturated rings. The van der Waals surface area contributed by atoms with Crippen molar-refractivity contribution < 1.29 is 4.79 Å². The average Bonchev–Trinajstić information content (AvgIpc) is 2.92. The lowest BCUT2D eigenvalue weighted by molar-refractivity contribution is -0.116. The molecule has 0 radical (unpaired) electrons. The summed E-state index contributed by atoms with van der Waals surface area (Å²) in [5.41, 5.74) is 7.15. The normalized spacial score (nSPS) is 13.1. The SMILES string of the molecule is Cl.NCCC(=O)Nc1ccc(-c2nnc3n2CCCC3)cc1. The van der Waals surface area contributed by atoms with Crippen LogP contribution >= 0.6 is 12.4 Å². The highest BCUT2D eigenvalue weighted by Crippen LogP contribution is 2.24. The van der Waals surface area contributed by atoms with E-state index in [1.54, 1.807) is 0 Å². The van der Waals surface area contributed by atoms with Crippen LogP contribution in [0.15, 0.2) is 24.3 Å². The Kier molecular flexibility index (Phi) is 5.51. The van der Waals surface area contributed by atoms with E-state index in [0.29, 0.717) is 13.0 Å². The van der Waals surface area contributed by atoms with Gasteiger partial charge in [-0.2, -0.15) is 0 Å². The van der Waals surface area contributed by atoms with Crippen LogP contribution in [-0.2, 0) is 17.8 Å². The minimum absolute atomic E-state index is 0. The summed E-state index contributed by atoms with van der Waals surface area (Å²) in [4.78, 5) is 11.5. The van der Waals surface area contributed by atoms with Crippen LogP contribution in [-0.4, -0.2) is 27.2 Å². The number of anilines is 1. The van der Waals surface area contributed by atoms with Gasteiger partial charge in [-0.15, -0.1) is 22.6 Å². The zero-order valence-corrected chi connectivity index (χ0v) is 13.1. The Morgan fingerprint density at radius 2 is 2.00 bits per heavy atom. The molecule has 2 heterocycles. The van der Waals surface area contributed by atoms with Gasteiger partial charge in [0, 0.05) is 37.2 Å². The molecule has 118 valence electrons. The maximum Gasteiger partial charge on any atom is 0.225 e. The summed E-state index contributed by atoms with van der Waals surface area (Å²) in [6, 6.07) is 7.69. The highest BCUT2D eigenvalue weighted by Gasteiger charge is 2.16. The average molecular weight is 322 g/mol. The summed E-state index contributed by atoms with van der Waals surface area (Å²) >= 11 is 0. The smallest absolute Gasteiger partial charge is 0.225 e. The first-order valence-electron chi connectivity index (χ1n) is 7.30. The molecule has 0 unspecified atom stereocenters. The number of amides is 1. The Morgan fingerprint density at radius 1 is 1.23 bits per heavy atom. The van der Waals surface area contributed by atoms with Crippen molar-refractivity contribution in [2.75, 3.05) is 11.9 Å². The molecule has 6 nitrogen and oxygen atoms in total. The first-order valence-corrected chi connectivity index (χ1v) is 7.30. The van der Waals surface area contributed by atoms with Gasteiger partial charge in [0.15, 0.2) is 5.82 Å². The predicted octanol–water partition coefficient (Wildman–Crippen LogP) is 1.99. The van der Waals surface area contributed by atoms with Crippen LogP contribution in [0.1, 0.15) is 25.1 Å². The van der Waals surface area contributed by atoms with Crippen LogP contribution < -0.4 is 11.1 Å². The molecule has 2 aromatic rings. The molecular weight excluding hydrogens is 302 g/mol. The summed E-state index contributed by atoms with van der Waals surface area (Å²) in [7, 11) is 0. The summed E-state index contributed by atoms with van der Waals surface area (Å²) in [5.74, 6) is 1.91. The lowest BCUT2D eigenvalue weighted by Crippen LogP contribution is -2.16. The van der Waals surface area contributed by atoms with E-state index in [1.165, 1.54) is 12.8 Å². The number of hydrogen-bond acceptors (Lipinski definition) is 4. The zero-order valence-electron chi connectivity index (χ0n) is 12.3. The number of halogens is 1.